The van der Waals surface area contributed by atoms with Crippen LogP contribution >= 0.6 is 11.6 Å². The number of pyridine rings is 1. The number of benzene rings is 1. The molecule has 18 heavy (non-hydrogen) atoms. The van der Waals surface area contributed by atoms with Crippen molar-refractivity contribution in [3.05, 3.63) is 36.0 Å². The van der Waals surface area contributed by atoms with Gasteiger partial charge in [0.15, 0.2) is 0 Å². The van der Waals surface area contributed by atoms with Crippen LogP contribution in [0.25, 0.3) is 10.9 Å². The van der Waals surface area contributed by atoms with Gasteiger partial charge in [-0.25, -0.2) is 0 Å². The van der Waals surface area contributed by atoms with Crippen LogP contribution in [-0.2, 0) is 0 Å². The summed E-state index contributed by atoms with van der Waals surface area (Å²) in [7, 11) is 0. The zero-order chi connectivity index (χ0) is 13.0. The van der Waals surface area contributed by atoms with Crippen molar-refractivity contribution in [2.45, 2.75) is 6.10 Å². The molecule has 0 saturated carbocycles. The number of alkyl halides is 1. The highest BCUT2D eigenvalue weighted by atomic mass is 35.5. The van der Waals surface area contributed by atoms with Crippen molar-refractivity contribution < 1.29 is 5.11 Å². The quantitative estimate of drug-likeness (QED) is 0.827. The summed E-state index contributed by atoms with van der Waals surface area (Å²) in [6, 6.07) is 9.43. The van der Waals surface area contributed by atoms with Crippen molar-refractivity contribution in [3.63, 3.8) is 0 Å². The third-order valence-electron chi connectivity index (χ3n) is 2.60. The first-order valence-corrected chi connectivity index (χ1v) is 6.05. The van der Waals surface area contributed by atoms with Gasteiger partial charge in [0.1, 0.15) is 6.07 Å². The summed E-state index contributed by atoms with van der Waals surface area (Å²) in [5.41, 5.74) is 1.99. The molecule has 0 spiro atoms. The number of rotatable bonds is 4. The summed E-state index contributed by atoms with van der Waals surface area (Å²) in [6.07, 6.45) is 1.05. The van der Waals surface area contributed by atoms with Crippen LogP contribution in [0.4, 0.5) is 5.69 Å². The Hall–Kier alpha value is -1.83. The molecule has 1 aromatic carbocycles. The number of hydrogen-bond donors (Lipinski definition) is 2. The zero-order valence-corrected chi connectivity index (χ0v) is 10.4. The largest absolute Gasteiger partial charge is 0.390 e. The molecule has 0 fully saturated rings. The number of aromatic nitrogens is 1. The van der Waals surface area contributed by atoms with E-state index in [4.69, 9.17) is 11.6 Å². The molecule has 0 radical (unpaired) electrons. The van der Waals surface area contributed by atoms with E-state index < -0.39 is 6.10 Å². The standard InChI is InChI=1S/C13H12ClN3O/c14-6-9(18)8-17-13-4-3-12-10(11(13)7-15)2-1-5-16-12/h1-5,9,17-18H,6,8H2. The molecule has 2 aromatic rings. The monoisotopic (exact) mass is 261 g/mol. The van der Waals surface area contributed by atoms with E-state index in [0.29, 0.717) is 17.8 Å². The Bertz CT molecular complexity index is 594. The van der Waals surface area contributed by atoms with Crippen molar-refractivity contribution in [2.75, 3.05) is 17.7 Å². The van der Waals surface area contributed by atoms with Crippen LogP contribution in [0, 0.1) is 11.3 Å². The summed E-state index contributed by atoms with van der Waals surface area (Å²) in [5.74, 6) is 0.157. The maximum atomic E-state index is 9.41. The minimum atomic E-state index is -0.636. The van der Waals surface area contributed by atoms with E-state index >= 15 is 0 Å². The van der Waals surface area contributed by atoms with E-state index in [1.54, 1.807) is 18.3 Å². The fourth-order valence-corrected chi connectivity index (χ4v) is 1.81. The molecule has 4 nitrogen and oxygen atoms in total. The van der Waals surface area contributed by atoms with Crippen LogP contribution in [0.2, 0.25) is 0 Å². The average Bonchev–Trinajstić information content (AvgIpc) is 2.43. The minimum absolute atomic E-state index is 0.157. The van der Waals surface area contributed by atoms with Crippen LogP contribution < -0.4 is 5.32 Å². The number of aliphatic hydroxyl groups is 1. The maximum absolute atomic E-state index is 9.41. The highest BCUT2D eigenvalue weighted by Gasteiger charge is 2.09. The Morgan fingerprint density at radius 1 is 1.44 bits per heavy atom. The Balaban J connectivity index is 2.37. The maximum Gasteiger partial charge on any atom is 0.102 e. The van der Waals surface area contributed by atoms with Crippen molar-refractivity contribution in [3.8, 4) is 6.07 Å². The molecule has 5 heteroatoms. The van der Waals surface area contributed by atoms with E-state index in [-0.39, 0.29) is 5.88 Å². The second-order valence-corrected chi connectivity index (χ2v) is 4.17. The van der Waals surface area contributed by atoms with Crippen LogP contribution in [-0.4, -0.2) is 28.6 Å². The Morgan fingerprint density at radius 2 is 2.28 bits per heavy atom. The molecule has 0 amide bonds. The molecule has 0 bridgehead atoms. The van der Waals surface area contributed by atoms with Gasteiger partial charge in [-0.2, -0.15) is 5.26 Å². The lowest BCUT2D eigenvalue weighted by atomic mass is 10.1. The Morgan fingerprint density at radius 3 is 3.00 bits per heavy atom. The minimum Gasteiger partial charge on any atom is -0.390 e. The molecule has 1 unspecified atom stereocenters. The molecule has 92 valence electrons. The van der Waals surface area contributed by atoms with Gasteiger partial charge in [0.25, 0.3) is 0 Å². The van der Waals surface area contributed by atoms with Gasteiger partial charge in [-0.15, -0.1) is 11.6 Å². The molecule has 1 aromatic heterocycles. The van der Waals surface area contributed by atoms with Gasteiger partial charge in [-0.1, -0.05) is 0 Å². The normalized spacial score (nSPS) is 12.1. The average molecular weight is 262 g/mol. The summed E-state index contributed by atoms with van der Waals surface area (Å²) in [5, 5.41) is 22.5. The number of nitriles is 1. The molecule has 0 aliphatic heterocycles. The third kappa shape index (κ3) is 2.53. The van der Waals surface area contributed by atoms with E-state index in [9.17, 15) is 10.4 Å². The van der Waals surface area contributed by atoms with Gasteiger partial charge in [0.05, 0.1) is 28.8 Å². The van der Waals surface area contributed by atoms with Gasteiger partial charge >= 0.3 is 0 Å². The summed E-state index contributed by atoms with van der Waals surface area (Å²) in [4.78, 5) is 4.19. The molecule has 0 saturated heterocycles. The Labute approximate surface area is 110 Å². The van der Waals surface area contributed by atoms with Crippen LogP contribution in [0.15, 0.2) is 30.5 Å². The highest BCUT2D eigenvalue weighted by Crippen LogP contribution is 2.24. The third-order valence-corrected chi connectivity index (χ3v) is 2.96. The fourth-order valence-electron chi connectivity index (χ4n) is 1.70. The van der Waals surface area contributed by atoms with Gasteiger partial charge < -0.3 is 10.4 Å². The molecule has 1 atom stereocenters. The SMILES string of the molecule is N#Cc1c(NCC(O)CCl)ccc2ncccc12. The lowest BCUT2D eigenvalue weighted by Gasteiger charge is -2.12. The number of nitrogens with zero attached hydrogens (tertiary/aromatic N) is 2. The molecule has 1 heterocycles. The van der Waals surface area contributed by atoms with Gasteiger partial charge in [-0.05, 0) is 24.3 Å². The number of hydrogen-bond acceptors (Lipinski definition) is 4. The van der Waals surface area contributed by atoms with E-state index in [1.807, 2.05) is 12.1 Å². The van der Waals surface area contributed by atoms with E-state index in [2.05, 4.69) is 16.4 Å². The molecule has 0 aliphatic rings. The van der Waals surface area contributed by atoms with Crippen LogP contribution in [0.1, 0.15) is 5.56 Å². The van der Waals surface area contributed by atoms with Crippen molar-refractivity contribution in [2.24, 2.45) is 0 Å². The van der Waals surface area contributed by atoms with Crippen LogP contribution in [0.5, 0.6) is 0 Å². The van der Waals surface area contributed by atoms with E-state index in [1.165, 1.54) is 0 Å². The second kappa shape index (κ2) is 5.67. The van der Waals surface area contributed by atoms with Gasteiger partial charge in [-0.3, -0.25) is 4.98 Å². The van der Waals surface area contributed by atoms with Crippen molar-refractivity contribution in [1.82, 2.24) is 4.98 Å². The smallest absolute Gasteiger partial charge is 0.102 e. The van der Waals surface area contributed by atoms with Crippen molar-refractivity contribution >= 4 is 28.2 Å². The number of fused-ring (bicyclic) bond motifs is 1. The van der Waals surface area contributed by atoms with Crippen molar-refractivity contribution in [1.29, 1.82) is 5.26 Å². The van der Waals surface area contributed by atoms with Gasteiger partial charge in [0, 0.05) is 18.1 Å². The first-order chi connectivity index (χ1) is 8.76. The fraction of sp³-hybridized carbons (Fsp3) is 0.231. The second-order valence-electron chi connectivity index (χ2n) is 3.86. The summed E-state index contributed by atoms with van der Waals surface area (Å²) in [6.45, 7) is 0.309. The lowest BCUT2D eigenvalue weighted by Crippen LogP contribution is -2.21. The predicted octanol–water partition coefficient (Wildman–Crippen LogP) is 2.12. The lowest BCUT2D eigenvalue weighted by molar-refractivity contribution is 0.211. The van der Waals surface area contributed by atoms with Crippen LogP contribution in [0.3, 0.4) is 0 Å². The number of halogens is 1. The van der Waals surface area contributed by atoms with Gasteiger partial charge in [0.2, 0.25) is 0 Å². The first-order valence-electron chi connectivity index (χ1n) is 5.52. The number of aliphatic hydroxyl groups excluding tert-OH is 1. The highest BCUT2D eigenvalue weighted by molar-refractivity contribution is 6.18. The zero-order valence-electron chi connectivity index (χ0n) is 9.60. The summed E-state index contributed by atoms with van der Waals surface area (Å²) < 4.78 is 0. The van der Waals surface area contributed by atoms with E-state index in [0.717, 1.165) is 10.9 Å². The molecular weight excluding hydrogens is 250 g/mol. The molecular formula is C13H12ClN3O. The first kappa shape index (κ1) is 12.6. The molecule has 0 aliphatic carbocycles. The molecule has 2 rings (SSSR count). The Kier molecular flexibility index (Phi) is 3.98. The predicted molar refractivity (Wildman–Crippen MR) is 71.7 cm³/mol. The summed E-state index contributed by atoms with van der Waals surface area (Å²) >= 11 is 5.52. The molecule has 2 N–H and O–H groups in total. The number of anilines is 1. The topological polar surface area (TPSA) is 68.9 Å². The number of nitrogens with one attached hydrogen (secondary N) is 1.